The average molecular weight is 364 g/mol. The lowest BCUT2D eigenvalue weighted by atomic mass is 9.98. The van der Waals surface area contributed by atoms with E-state index in [1.807, 2.05) is 0 Å². The summed E-state index contributed by atoms with van der Waals surface area (Å²) >= 11 is 0. The number of hydrogen-bond acceptors (Lipinski definition) is 6. The molecule has 2 saturated heterocycles. The maximum absolute atomic E-state index is 12.9. The van der Waals surface area contributed by atoms with Gasteiger partial charge in [-0.3, -0.25) is 0 Å². The first-order chi connectivity index (χ1) is 11.6. The predicted molar refractivity (Wildman–Crippen MR) is 78.5 cm³/mol. The second kappa shape index (κ2) is 6.35. The molecule has 25 heavy (non-hydrogen) atoms. The summed E-state index contributed by atoms with van der Waals surface area (Å²) in [6.07, 6.45) is -3.74. The van der Waals surface area contributed by atoms with Crippen LogP contribution in [-0.2, 0) is 27.4 Å². The number of anilines is 1. The van der Waals surface area contributed by atoms with Crippen molar-refractivity contribution >= 4 is 5.82 Å². The molecule has 2 aliphatic rings. The van der Waals surface area contributed by atoms with Gasteiger partial charge in [-0.25, -0.2) is 9.55 Å². The number of nitrogens with one attached hydrogen (secondary N) is 1. The van der Waals surface area contributed by atoms with Gasteiger partial charge in [0.1, 0.15) is 25.4 Å². The van der Waals surface area contributed by atoms with Crippen LogP contribution in [0.25, 0.3) is 0 Å². The van der Waals surface area contributed by atoms with Gasteiger partial charge in [-0.2, -0.15) is 13.2 Å². The fourth-order valence-electron chi connectivity index (χ4n) is 3.12. The number of aliphatic hydroxyl groups excluding tert-OH is 1. The van der Waals surface area contributed by atoms with Crippen LogP contribution in [0.1, 0.15) is 19.5 Å². The molecule has 0 unspecified atom stereocenters. The van der Waals surface area contributed by atoms with Crippen LogP contribution >= 0.6 is 0 Å². The van der Waals surface area contributed by atoms with Gasteiger partial charge in [0.15, 0.2) is 17.8 Å². The fraction of sp³-hybridized carbons (Fsp3) is 0.733. The maximum Gasteiger partial charge on any atom is 0.439 e. The number of hydrogen-bond donors (Lipinski definition) is 2. The molecule has 1 aromatic rings. The molecular formula is C15H21F3N3O4+. The second-order valence-electron chi connectivity index (χ2n) is 6.67. The molecule has 3 heterocycles. The minimum atomic E-state index is -4.54. The van der Waals surface area contributed by atoms with E-state index in [4.69, 9.17) is 14.2 Å². The van der Waals surface area contributed by atoms with Crippen LogP contribution in [0.3, 0.4) is 0 Å². The predicted octanol–water partition coefficient (Wildman–Crippen LogP) is 0.617. The zero-order chi connectivity index (χ0) is 18.4. The summed E-state index contributed by atoms with van der Waals surface area (Å²) < 4.78 is 57.3. The molecule has 1 aromatic heterocycles. The first-order valence-electron chi connectivity index (χ1n) is 7.88. The monoisotopic (exact) mass is 364 g/mol. The van der Waals surface area contributed by atoms with Crippen LogP contribution in [-0.4, -0.2) is 53.4 Å². The Morgan fingerprint density at radius 2 is 2.00 bits per heavy atom. The molecular weight excluding hydrogens is 343 g/mol. The Morgan fingerprint density at radius 3 is 2.64 bits per heavy atom. The average Bonchev–Trinajstić information content (AvgIpc) is 2.82. The summed E-state index contributed by atoms with van der Waals surface area (Å²) in [5, 5.41) is 12.4. The third kappa shape index (κ3) is 3.86. The van der Waals surface area contributed by atoms with Gasteiger partial charge >= 0.3 is 6.18 Å². The van der Waals surface area contributed by atoms with Gasteiger partial charge < -0.3 is 24.6 Å². The second-order valence-corrected chi connectivity index (χ2v) is 6.67. The first-order valence-corrected chi connectivity index (χ1v) is 7.88. The lowest BCUT2D eigenvalue weighted by Gasteiger charge is -2.36. The van der Waals surface area contributed by atoms with Crippen molar-refractivity contribution in [1.29, 1.82) is 0 Å². The fourth-order valence-corrected chi connectivity index (χ4v) is 3.12. The highest BCUT2D eigenvalue weighted by molar-refractivity contribution is 5.33. The molecule has 2 aliphatic heterocycles. The van der Waals surface area contributed by atoms with Gasteiger partial charge in [0, 0.05) is 0 Å². The summed E-state index contributed by atoms with van der Waals surface area (Å²) in [6, 6.07) is -0.467. The molecule has 2 N–H and O–H groups in total. The zero-order valence-electron chi connectivity index (χ0n) is 14.1. The summed E-state index contributed by atoms with van der Waals surface area (Å²) in [5.74, 6) is -0.817. The van der Waals surface area contributed by atoms with E-state index in [1.165, 1.54) is 17.8 Å². The van der Waals surface area contributed by atoms with Gasteiger partial charge in [0.05, 0.1) is 19.3 Å². The van der Waals surface area contributed by atoms with Crippen molar-refractivity contribution in [3.63, 3.8) is 0 Å². The molecule has 140 valence electrons. The molecule has 0 amide bonds. The van der Waals surface area contributed by atoms with Crippen molar-refractivity contribution in [1.82, 2.24) is 4.98 Å². The van der Waals surface area contributed by atoms with Crippen LogP contribution in [0, 0.1) is 0 Å². The highest BCUT2D eigenvalue weighted by atomic mass is 19.4. The molecule has 0 spiro atoms. The SMILES string of the molecule is C[n+]1cc(N[C@H]2CO[C@H](CO)[C@@H]3OC(C)(C)O[C@@H]32)nc(C(F)(F)F)c1. The number of aliphatic hydroxyl groups is 1. The molecule has 4 atom stereocenters. The number of aryl methyl sites for hydroxylation is 1. The number of ether oxygens (including phenoxy) is 3. The van der Waals surface area contributed by atoms with E-state index in [2.05, 4.69) is 10.3 Å². The van der Waals surface area contributed by atoms with Crippen molar-refractivity contribution in [3.8, 4) is 0 Å². The van der Waals surface area contributed by atoms with E-state index in [9.17, 15) is 18.3 Å². The molecule has 7 nitrogen and oxygen atoms in total. The topological polar surface area (TPSA) is 76.7 Å². The van der Waals surface area contributed by atoms with Crippen molar-refractivity contribution in [2.75, 3.05) is 18.5 Å². The van der Waals surface area contributed by atoms with E-state index in [1.54, 1.807) is 13.8 Å². The van der Waals surface area contributed by atoms with Gasteiger partial charge in [-0.15, -0.1) is 0 Å². The molecule has 0 saturated carbocycles. The maximum atomic E-state index is 12.9. The molecule has 0 bridgehead atoms. The van der Waals surface area contributed by atoms with Gasteiger partial charge in [-0.1, -0.05) is 0 Å². The number of rotatable bonds is 3. The smallest absolute Gasteiger partial charge is 0.394 e. The van der Waals surface area contributed by atoms with Crippen LogP contribution in [0.5, 0.6) is 0 Å². The van der Waals surface area contributed by atoms with Crippen molar-refractivity contribution in [3.05, 3.63) is 18.1 Å². The van der Waals surface area contributed by atoms with Gasteiger partial charge in [-0.05, 0) is 13.8 Å². The zero-order valence-corrected chi connectivity index (χ0v) is 14.1. The Labute approximate surface area is 142 Å². The minimum absolute atomic E-state index is 0.0560. The minimum Gasteiger partial charge on any atom is -0.394 e. The number of fused-ring (bicyclic) bond motifs is 1. The van der Waals surface area contributed by atoms with E-state index >= 15 is 0 Å². The number of aromatic nitrogens is 2. The molecule has 3 rings (SSSR count). The third-order valence-corrected chi connectivity index (χ3v) is 4.11. The van der Waals surface area contributed by atoms with Gasteiger partial charge in [0.2, 0.25) is 11.9 Å². The summed E-state index contributed by atoms with van der Waals surface area (Å²) in [7, 11) is 1.49. The largest absolute Gasteiger partial charge is 0.439 e. The van der Waals surface area contributed by atoms with Crippen molar-refractivity contribution in [2.24, 2.45) is 7.05 Å². The molecule has 0 radical (unpaired) electrons. The molecule has 0 aromatic carbocycles. The Bertz CT molecular complexity index is 641. The van der Waals surface area contributed by atoms with Gasteiger partial charge in [0.25, 0.3) is 0 Å². The molecule has 2 fully saturated rings. The highest BCUT2D eigenvalue weighted by Gasteiger charge is 2.52. The summed E-state index contributed by atoms with van der Waals surface area (Å²) in [4.78, 5) is 3.63. The van der Waals surface area contributed by atoms with Crippen LogP contribution in [0.2, 0.25) is 0 Å². The lowest BCUT2D eigenvalue weighted by molar-refractivity contribution is -0.672. The van der Waals surface area contributed by atoms with Crippen molar-refractivity contribution < 1.29 is 37.1 Å². The quantitative estimate of drug-likeness (QED) is 0.766. The van der Waals surface area contributed by atoms with Crippen molar-refractivity contribution in [2.45, 2.75) is 50.2 Å². The highest BCUT2D eigenvalue weighted by Crippen LogP contribution is 2.36. The standard InChI is InChI=1S/C15H21F3N3O4/c1-14(2)24-12-8(7-23-9(6-22)13(12)25-14)19-11-5-21(3)4-10(20-11)15(16,17)18/h4-5,8-9,12-13,22H,6-7H2,1-3H3,(H,19,20)/q+1/t8-,9+,12+,13-/m0/s1. The summed E-state index contributed by atoms with van der Waals surface area (Å²) in [6.45, 7) is 3.39. The number of nitrogens with zero attached hydrogens (tertiary/aromatic N) is 2. The van der Waals surface area contributed by atoms with Crippen LogP contribution in [0.4, 0.5) is 19.0 Å². The van der Waals surface area contributed by atoms with E-state index < -0.39 is 42.0 Å². The van der Waals surface area contributed by atoms with Crippen LogP contribution < -0.4 is 9.88 Å². The molecule has 10 heteroatoms. The van der Waals surface area contributed by atoms with Crippen LogP contribution in [0.15, 0.2) is 12.4 Å². The lowest BCUT2D eigenvalue weighted by Crippen LogP contribution is -2.55. The normalized spacial score (nSPS) is 31.6. The van der Waals surface area contributed by atoms with E-state index in [-0.39, 0.29) is 19.0 Å². The first kappa shape index (κ1) is 18.3. The Morgan fingerprint density at radius 1 is 1.32 bits per heavy atom. The number of halogens is 3. The van der Waals surface area contributed by atoms with E-state index in [0.717, 1.165) is 6.20 Å². The Balaban J connectivity index is 1.82. The molecule has 0 aliphatic carbocycles. The summed E-state index contributed by atoms with van der Waals surface area (Å²) in [5.41, 5.74) is -0.995. The van der Waals surface area contributed by atoms with E-state index in [0.29, 0.717) is 0 Å². The third-order valence-electron chi connectivity index (χ3n) is 4.11. The Kier molecular flexibility index (Phi) is 4.65. The number of alkyl halides is 3. The Hall–Kier alpha value is -1.49.